The van der Waals surface area contributed by atoms with Crippen molar-refractivity contribution < 1.29 is 22.7 Å². The monoisotopic (exact) mass is 365 g/mol. The van der Waals surface area contributed by atoms with E-state index >= 15 is 0 Å². The molecule has 3 aromatic rings. The number of fused-ring (bicyclic) bond motifs is 1. The zero-order valence-electron chi connectivity index (χ0n) is 13.5. The molecule has 1 aromatic carbocycles. The molecule has 0 atom stereocenters. The van der Waals surface area contributed by atoms with Gasteiger partial charge in [0.1, 0.15) is 5.75 Å². The van der Waals surface area contributed by atoms with E-state index in [9.17, 15) is 18.0 Å². The van der Waals surface area contributed by atoms with E-state index < -0.39 is 18.7 Å². The third-order valence-corrected chi connectivity index (χ3v) is 3.38. The number of carbonyl (C=O) groups excluding carboxylic acids is 1. The number of alkyl halides is 3. The number of nitrogens with zero attached hydrogens (tertiary/aromatic N) is 3. The zero-order chi connectivity index (χ0) is 18.9. The largest absolute Gasteiger partial charge is 0.482 e. The highest BCUT2D eigenvalue weighted by Gasteiger charge is 2.29. The van der Waals surface area contributed by atoms with Crippen molar-refractivity contribution in [2.45, 2.75) is 13.1 Å². The normalized spacial score (nSPS) is 11.5. The Bertz CT molecular complexity index is 968. The lowest BCUT2D eigenvalue weighted by Gasteiger charge is -2.14. The van der Waals surface area contributed by atoms with E-state index in [4.69, 9.17) is 10.5 Å². The molecule has 136 valence electrons. The van der Waals surface area contributed by atoms with Gasteiger partial charge in [0.2, 0.25) is 11.9 Å². The number of aryl methyl sites for hydroxylation is 1. The molecule has 0 bridgehead atoms. The number of rotatable bonds is 5. The Labute approximate surface area is 145 Å². The van der Waals surface area contributed by atoms with Gasteiger partial charge in [0.05, 0.1) is 5.69 Å². The summed E-state index contributed by atoms with van der Waals surface area (Å²) in [5, 5.41) is 7.00. The summed E-state index contributed by atoms with van der Waals surface area (Å²) in [6.07, 6.45) is -2.77. The summed E-state index contributed by atoms with van der Waals surface area (Å²) >= 11 is 0. The standard InChI is InChI=1S/C16H14F3N5O2/c1-9-2-5-13-22-15(23-24(13)7-9)21-11-4-3-10(14(20)25)6-12(11)26-8-16(17,18)19/h2-7H,8H2,1H3,(H2,20,25)(H,21,23). The summed E-state index contributed by atoms with van der Waals surface area (Å²) < 4.78 is 43.7. The molecule has 2 aromatic heterocycles. The molecule has 7 nitrogen and oxygen atoms in total. The average molecular weight is 365 g/mol. The molecule has 0 saturated carbocycles. The summed E-state index contributed by atoms with van der Waals surface area (Å²) in [7, 11) is 0. The highest BCUT2D eigenvalue weighted by molar-refractivity contribution is 5.94. The van der Waals surface area contributed by atoms with E-state index in [0.29, 0.717) is 5.65 Å². The molecule has 0 unspecified atom stereocenters. The quantitative estimate of drug-likeness (QED) is 0.725. The number of nitrogens with two attached hydrogens (primary N) is 1. The maximum absolute atomic E-state index is 12.5. The van der Waals surface area contributed by atoms with Gasteiger partial charge in [0.25, 0.3) is 0 Å². The van der Waals surface area contributed by atoms with Crippen LogP contribution in [0.15, 0.2) is 36.5 Å². The maximum atomic E-state index is 12.5. The fraction of sp³-hybridized carbons (Fsp3) is 0.188. The van der Waals surface area contributed by atoms with Gasteiger partial charge in [-0.1, -0.05) is 6.07 Å². The Hall–Kier alpha value is -3.30. The van der Waals surface area contributed by atoms with Crippen molar-refractivity contribution >= 4 is 23.2 Å². The SMILES string of the molecule is Cc1ccc2nc(Nc3ccc(C(N)=O)cc3OCC(F)(F)F)nn2c1. The van der Waals surface area contributed by atoms with Crippen molar-refractivity contribution in [3.8, 4) is 5.75 Å². The highest BCUT2D eigenvalue weighted by atomic mass is 19.4. The maximum Gasteiger partial charge on any atom is 0.422 e. The molecule has 0 radical (unpaired) electrons. The van der Waals surface area contributed by atoms with E-state index in [1.165, 1.54) is 16.6 Å². The highest BCUT2D eigenvalue weighted by Crippen LogP contribution is 2.30. The van der Waals surface area contributed by atoms with E-state index in [0.717, 1.165) is 11.6 Å². The topological polar surface area (TPSA) is 94.5 Å². The molecule has 2 heterocycles. The van der Waals surface area contributed by atoms with Crippen LogP contribution in [0.5, 0.6) is 5.75 Å². The summed E-state index contributed by atoms with van der Waals surface area (Å²) in [5.74, 6) is -0.803. The first-order valence-corrected chi connectivity index (χ1v) is 7.45. The number of anilines is 2. The molecule has 0 aliphatic carbocycles. The van der Waals surface area contributed by atoms with Crippen molar-refractivity contribution in [1.29, 1.82) is 0 Å². The minimum absolute atomic E-state index is 0.0197. The zero-order valence-corrected chi connectivity index (χ0v) is 13.5. The molecule has 0 spiro atoms. The van der Waals surface area contributed by atoms with Crippen LogP contribution in [0.1, 0.15) is 15.9 Å². The van der Waals surface area contributed by atoms with E-state index in [1.54, 1.807) is 12.3 Å². The fourth-order valence-corrected chi connectivity index (χ4v) is 2.22. The van der Waals surface area contributed by atoms with Gasteiger partial charge in [-0.3, -0.25) is 4.79 Å². The molecule has 26 heavy (non-hydrogen) atoms. The van der Waals surface area contributed by atoms with Crippen molar-refractivity contribution in [3.05, 3.63) is 47.7 Å². The second-order valence-corrected chi connectivity index (χ2v) is 5.55. The summed E-state index contributed by atoms with van der Waals surface area (Å²) in [6, 6.07) is 7.49. The van der Waals surface area contributed by atoms with Gasteiger partial charge < -0.3 is 15.8 Å². The second kappa shape index (κ2) is 6.54. The fourth-order valence-electron chi connectivity index (χ4n) is 2.22. The molecule has 0 saturated heterocycles. The van der Waals surface area contributed by atoms with Crippen molar-refractivity contribution in [1.82, 2.24) is 14.6 Å². The van der Waals surface area contributed by atoms with E-state index in [-0.39, 0.29) is 22.9 Å². The lowest BCUT2D eigenvalue weighted by molar-refractivity contribution is -0.153. The number of amides is 1. The Kier molecular flexibility index (Phi) is 4.41. The van der Waals surface area contributed by atoms with Crippen LogP contribution in [0.2, 0.25) is 0 Å². The number of nitrogens with one attached hydrogen (secondary N) is 1. The predicted octanol–water partition coefficient (Wildman–Crippen LogP) is 2.82. The molecule has 1 amide bonds. The third kappa shape index (κ3) is 4.02. The lowest BCUT2D eigenvalue weighted by Crippen LogP contribution is -2.20. The number of hydrogen-bond acceptors (Lipinski definition) is 5. The molecule has 3 N–H and O–H groups in total. The van der Waals surface area contributed by atoms with E-state index in [1.807, 2.05) is 13.0 Å². The van der Waals surface area contributed by atoms with Crippen molar-refractivity contribution in [3.63, 3.8) is 0 Å². The number of hydrogen-bond donors (Lipinski definition) is 2. The van der Waals surface area contributed by atoms with Gasteiger partial charge in [-0.15, -0.1) is 5.10 Å². The van der Waals surface area contributed by atoms with Crippen LogP contribution in [0.25, 0.3) is 5.65 Å². The molecule has 3 rings (SSSR count). The molecular formula is C16H14F3N5O2. The molecule has 0 fully saturated rings. The van der Waals surface area contributed by atoms with Crippen LogP contribution in [-0.2, 0) is 0 Å². The number of benzene rings is 1. The van der Waals surface area contributed by atoms with Crippen LogP contribution in [0.4, 0.5) is 24.8 Å². The number of halogens is 3. The van der Waals surface area contributed by atoms with Crippen LogP contribution < -0.4 is 15.8 Å². The van der Waals surface area contributed by atoms with Crippen LogP contribution >= 0.6 is 0 Å². The Balaban J connectivity index is 1.92. The van der Waals surface area contributed by atoms with Crippen LogP contribution in [0.3, 0.4) is 0 Å². The Morgan fingerprint density at radius 3 is 2.77 bits per heavy atom. The van der Waals surface area contributed by atoms with Gasteiger partial charge in [-0.05, 0) is 36.8 Å². The van der Waals surface area contributed by atoms with E-state index in [2.05, 4.69) is 15.4 Å². The van der Waals surface area contributed by atoms with Gasteiger partial charge in [-0.2, -0.15) is 18.2 Å². The molecular weight excluding hydrogens is 351 g/mol. The number of primary amides is 1. The third-order valence-electron chi connectivity index (χ3n) is 3.38. The van der Waals surface area contributed by atoms with Gasteiger partial charge in [0, 0.05) is 11.8 Å². The molecule has 0 aliphatic heterocycles. The van der Waals surface area contributed by atoms with Gasteiger partial charge >= 0.3 is 6.18 Å². The van der Waals surface area contributed by atoms with Crippen molar-refractivity contribution in [2.24, 2.45) is 5.73 Å². The number of carbonyl (C=O) groups is 1. The smallest absolute Gasteiger partial charge is 0.422 e. The van der Waals surface area contributed by atoms with Crippen LogP contribution in [0, 0.1) is 6.92 Å². The Morgan fingerprint density at radius 2 is 2.08 bits per heavy atom. The van der Waals surface area contributed by atoms with Gasteiger partial charge in [0.15, 0.2) is 12.3 Å². The number of aromatic nitrogens is 3. The van der Waals surface area contributed by atoms with Crippen molar-refractivity contribution in [2.75, 3.05) is 11.9 Å². The first-order valence-electron chi connectivity index (χ1n) is 7.45. The predicted molar refractivity (Wildman–Crippen MR) is 87.5 cm³/mol. The number of pyridine rings is 1. The Morgan fingerprint density at radius 1 is 1.31 bits per heavy atom. The number of ether oxygens (including phenoxy) is 1. The summed E-state index contributed by atoms with van der Waals surface area (Å²) in [5.41, 5.74) is 6.89. The first-order chi connectivity index (χ1) is 12.2. The summed E-state index contributed by atoms with van der Waals surface area (Å²) in [6.45, 7) is 0.377. The van der Waals surface area contributed by atoms with Crippen LogP contribution in [-0.4, -0.2) is 33.3 Å². The average Bonchev–Trinajstić information content (AvgIpc) is 2.94. The van der Waals surface area contributed by atoms with Gasteiger partial charge in [-0.25, -0.2) is 4.52 Å². The lowest BCUT2D eigenvalue weighted by atomic mass is 10.2. The minimum Gasteiger partial charge on any atom is -0.482 e. The summed E-state index contributed by atoms with van der Waals surface area (Å²) in [4.78, 5) is 15.5. The first kappa shape index (κ1) is 17.5. The minimum atomic E-state index is -4.53. The molecule has 0 aliphatic rings. The second-order valence-electron chi connectivity index (χ2n) is 5.55. The molecule has 10 heteroatoms.